The van der Waals surface area contributed by atoms with E-state index in [9.17, 15) is 19.2 Å². The van der Waals surface area contributed by atoms with Crippen LogP contribution >= 0.6 is 25.3 Å². The summed E-state index contributed by atoms with van der Waals surface area (Å²) in [4.78, 5) is 54.1. The highest BCUT2D eigenvalue weighted by Crippen LogP contribution is 2.19. The molecule has 0 aliphatic carbocycles. The highest BCUT2D eigenvalue weighted by Gasteiger charge is 2.37. The second kappa shape index (κ2) is 13.3. The molecule has 9 N–H and O–H groups in total. The average molecular weight is 478 g/mol. The summed E-state index contributed by atoms with van der Waals surface area (Å²) >= 11 is 7.95. The van der Waals surface area contributed by atoms with Gasteiger partial charge in [-0.25, -0.2) is 4.79 Å². The molecule has 1 saturated heterocycles. The first-order chi connectivity index (χ1) is 14.6. The summed E-state index contributed by atoms with van der Waals surface area (Å²) < 4.78 is 0. The van der Waals surface area contributed by atoms with Crippen molar-refractivity contribution in [3.05, 3.63) is 0 Å². The van der Waals surface area contributed by atoms with E-state index < -0.39 is 42.0 Å². The quantitative estimate of drug-likeness (QED) is 0.0639. The van der Waals surface area contributed by atoms with Gasteiger partial charge in [0, 0.05) is 24.6 Å². The van der Waals surface area contributed by atoms with E-state index in [1.54, 1.807) is 0 Å². The first-order valence-corrected chi connectivity index (χ1v) is 11.1. The van der Waals surface area contributed by atoms with Crippen LogP contribution in [0.4, 0.5) is 0 Å². The van der Waals surface area contributed by atoms with Gasteiger partial charge in [-0.15, -0.1) is 0 Å². The molecular weight excluding hydrogens is 446 g/mol. The van der Waals surface area contributed by atoms with Gasteiger partial charge in [-0.1, -0.05) is 0 Å². The second-order valence-electron chi connectivity index (χ2n) is 7.07. The maximum Gasteiger partial charge on any atom is 0.327 e. The van der Waals surface area contributed by atoms with Crippen molar-refractivity contribution in [3.8, 4) is 0 Å². The molecule has 4 atom stereocenters. The molecule has 1 heterocycles. The Morgan fingerprint density at radius 2 is 1.77 bits per heavy atom. The van der Waals surface area contributed by atoms with Crippen LogP contribution in [0.5, 0.6) is 0 Å². The van der Waals surface area contributed by atoms with Crippen LogP contribution in [-0.2, 0) is 19.2 Å². The number of aliphatic imine (C=N–C) groups is 1. The molecule has 1 aliphatic heterocycles. The Morgan fingerprint density at radius 1 is 1.13 bits per heavy atom. The Kier molecular flexibility index (Phi) is 11.5. The predicted octanol–water partition coefficient (Wildman–Crippen LogP) is -2.73. The number of carboxylic acids is 1. The number of guanidine groups is 1. The van der Waals surface area contributed by atoms with Gasteiger partial charge in [0.2, 0.25) is 17.7 Å². The van der Waals surface area contributed by atoms with Crippen molar-refractivity contribution in [2.75, 3.05) is 24.6 Å². The Morgan fingerprint density at radius 3 is 2.32 bits per heavy atom. The monoisotopic (exact) mass is 477 g/mol. The molecule has 176 valence electrons. The maximum atomic E-state index is 12.7. The summed E-state index contributed by atoms with van der Waals surface area (Å²) in [6.07, 6.45) is 1.90. The topological polar surface area (TPSA) is 206 Å². The lowest BCUT2D eigenvalue weighted by Gasteiger charge is -2.28. The number of carbonyl (C=O) groups is 4. The zero-order valence-electron chi connectivity index (χ0n) is 17.1. The van der Waals surface area contributed by atoms with Gasteiger partial charge in [-0.05, 0) is 25.7 Å². The Labute approximate surface area is 191 Å². The molecule has 14 heteroatoms. The van der Waals surface area contributed by atoms with E-state index in [1.807, 2.05) is 0 Å². The first kappa shape index (κ1) is 26.8. The molecule has 1 aliphatic rings. The van der Waals surface area contributed by atoms with Gasteiger partial charge in [0.25, 0.3) is 0 Å². The number of hydrogen-bond donors (Lipinski definition) is 8. The lowest BCUT2D eigenvalue weighted by Crippen LogP contribution is -2.57. The van der Waals surface area contributed by atoms with E-state index in [4.69, 9.17) is 22.3 Å². The second-order valence-corrected chi connectivity index (χ2v) is 7.80. The number of likely N-dealkylation sites (tertiary alicyclic amines) is 1. The molecule has 1 rings (SSSR count). The first-order valence-electron chi connectivity index (χ1n) is 9.79. The van der Waals surface area contributed by atoms with Crippen LogP contribution in [0, 0.1) is 0 Å². The number of thiol groups is 2. The number of aliphatic carboxylic acids is 1. The normalized spacial score (nSPS) is 18.5. The number of nitrogens with two attached hydrogens (primary N) is 3. The number of rotatable bonds is 12. The molecule has 0 aromatic rings. The fourth-order valence-electron chi connectivity index (χ4n) is 3.08. The number of hydrogen-bond acceptors (Lipinski definition) is 8. The SMILES string of the molecule is NC(N)=NCCCC(N)C(=O)N1CCCC1C(=O)NC(CS)C(=O)NC(CS)C(=O)O. The van der Waals surface area contributed by atoms with E-state index >= 15 is 0 Å². The maximum absolute atomic E-state index is 12.7. The van der Waals surface area contributed by atoms with Crippen LogP contribution in [0.3, 0.4) is 0 Å². The number of nitrogens with one attached hydrogen (secondary N) is 2. The van der Waals surface area contributed by atoms with Crippen molar-refractivity contribution in [2.24, 2.45) is 22.2 Å². The smallest absolute Gasteiger partial charge is 0.327 e. The Hall–Kier alpha value is -2.19. The fourth-order valence-corrected chi connectivity index (χ4v) is 3.58. The van der Waals surface area contributed by atoms with Gasteiger partial charge < -0.3 is 37.8 Å². The number of carboxylic acid groups (broad SMARTS) is 1. The van der Waals surface area contributed by atoms with Crippen molar-refractivity contribution in [3.63, 3.8) is 0 Å². The highest BCUT2D eigenvalue weighted by molar-refractivity contribution is 7.80. The summed E-state index contributed by atoms with van der Waals surface area (Å²) in [5.41, 5.74) is 16.5. The van der Waals surface area contributed by atoms with Crippen LogP contribution in [0.2, 0.25) is 0 Å². The molecule has 0 spiro atoms. The van der Waals surface area contributed by atoms with Crippen LogP contribution in [-0.4, -0.2) is 88.4 Å². The average Bonchev–Trinajstić information content (AvgIpc) is 3.21. The summed E-state index contributed by atoms with van der Waals surface area (Å²) in [6, 6.07) is -3.84. The molecular formula is C17H31N7O5S2. The third-order valence-corrected chi connectivity index (χ3v) is 5.47. The molecule has 1 fully saturated rings. The summed E-state index contributed by atoms with van der Waals surface area (Å²) in [5.74, 6) is -3.03. The van der Waals surface area contributed by atoms with Gasteiger partial charge in [-0.3, -0.25) is 19.4 Å². The number of amides is 3. The van der Waals surface area contributed by atoms with Crippen LogP contribution < -0.4 is 27.8 Å². The lowest BCUT2D eigenvalue weighted by molar-refractivity contribution is -0.142. The molecule has 0 bridgehead atoms. The molecule has 0 aromatic heterocycles. The Bertz CT molecular complexity index is 690. The van der Waals surface area contributed by atoms with Crippen LogP contribution in [0.25, 0.3) is 0 Å². The largest absolute Gasteiger partial charge is 0.480 e. The summed E-state index contributed by atoms with van der Waals surface area (Å²) in [6.45, 7) is 0.715. The van der Waals surface area contributed by atoms with E-state index in [0.717, 1.165) is 0 Å². The molecule has 0 aromatic carbocycles. The predicted molar refractivity (Wildman–Crippen MR) is 122 cm³/mol. The minimum Gasteiger partial charge on any atom is -0.480 e. The van der Waals surface area contributed by atoms with Crippen molar-refractivity contribution < 1.29 is 24.3 Å². The minimum absolute atomic E-state index is 0.0389. The van der Waals surface area contributed by atoms with Crippen molar-refractivity contribution in [1.29, 1.82) is 0 Å². The van der Waals surface area contributed by atoms with Crippen LogP contribution in [0.15, 0.2) is 4.99 Å². The summed E-state index contributed by atoms with van der Waals surface area (Å²) in [5, 5.41) is 13.9. The zero-order chi connectivity index (χ0) is 23.6. The van der Waals surface area contributed by atoms with Gasteiger partial charge in [0.1, 0.15) is 18.1 Å². The van der Waals surface area contributed by atoms with Gasteiger partial charge in [0.15, 0.2) is 5.96 Å². The van der Waals surface area contributed by atoms with Gasteiger partial charge in [0.05, 0.1) is 6.04 Å². The third kappa shape index (κ3) is 8.45. The number of carbonyl (C=O) groups excluding carboxylic acids is 3. The van der Waals surface area contributed by atoms with Crippen molar-refractivity contribution >= 4 is 54.9 Å². The molecule has 12 nitrogen and oxygen atoms in total. The highest BCUT2D eigenvalue weighted by atomic mass is 32.1. The van der Waals surface area contributed by atoms with Crippen molar-refractivity contribution in [2.45, 2.75) is 49.9 Å². The van der Waals surface area contributed by atoms with E-state index in [-0.39, 0.29) is 23.4 Å². The van der Waals surface area contributed by atoms with Gasteiger partial charge >= 0.3 is 5.97 Å². The molecule has 3 amide bonds. The lowest BCUT2D eigenvalue weighted by atomic mass is 10.1. The molecule has 0 radical (unpaired) electrons. The minimum atomic E-state index is -1.24. The third-order valence-electron chi connectivity index (χ3n) is 4.74. The van der Waals surface area contributed by atoms with Crippen LogP contribution in [0.1, 0.15) is 25.7 Å². The molecule has 0 saturated carbocycles. The van der Waals surface area contributed by atoms with Gasteiger partial charge in [-0.2, -0.15) is 25.3 Å². The fraction of sp³-hybridized carbons (Fsp3) is 0.706. The van der Waals surface area contributed by atoms with Crippen molar-refractivity contribution in [1.82, 2.24) is 15.5 Å². The Balaban J connectivity index is 2.69. The zero-order valence-corrected chi connectivity index (χ0v) is 18.9. The molecule has 4 unspecified atom stereocenters. The standard InChI is InChI=1S/C17H31N7O5S2/c18-9(3-1-5-21-17(19)20)15(27)24-6-2-4-12(24)14(26)22-10(7-30)13(25)23-11(8-31)16(28)29/h9-12,30-31H,1-8,18H2,(H,22,26)(H,23,25)(H,28,29)(H4,19,20,21). The summed E-state index contributed by atoms with van der Waals surface area (Å²) in [7, 11) is 0. The van der Waals surface area contributed by atoms with E-state index in [0.29, 0.717) is 38.8 Å². The number of nitrogens with zero attached hydrogens (tertiary/aromatic N) is 2. The van der Waals surface area contributed by atoms with E-state index in [2.05, 4.69) is 40.9 Å². The van der Waals surface area contributed by atoms with E-state index in [1.165, 1.54) is 4.90 Å². The molecule has 31 heavy (non-hydrogen) atoms.